The first kappa shape index (κ1) is 9.48. The Morgan fingerprint density at radius 3 is 2.29 bits per heavy atom. The zero-order chi connectivity index (χ0) is 10.2. The molecular weight excluding hydrogens is 200 g/mol. The molecule has 0 radical (unpaired) electrons. The van der Waals surface area contributed by atoms with Gasteiger partial charge in [-0.15, -0.1) is 0 Å². The van der Waals surface area contributed by atoms with E-state index < -0.39 is 10.0 Å². The van der Waals surface area contributed by atoms with Crippen molar-refractivity contribution in [3.8, 4) is 0 Å². The van der Waals surface area contributed by atoms with Gasteiger partial charge in [0.2, 0.25) is 10.0 Å². The quantitative estimate of drug-likeness (QED) is 0.725. The fourth-order valence-corrected chi connectivity index (χ4v) is 2.44. The van der Waals surface area contributed by atoms with Gasteiger partial charge >= 0.3 is 0 Å². The Labute approximate surface area is 83.2 Å². The molecule has 0 saturated heterocycles. The molecule has 1 saturated carbocycles. The SMILES string of the molecule is Nc1ccc(S(=O)(=O)NC2CC2)cc1. The van der Waals surface area contributed by atoms with Crippen LogP contribution in [-0.2, 0) is 10.0 Å². The Hall–Kier alpha value is -1.07. The number of benzene rings is 1. The van der Waals surface area contributed by atoms with E-state index in [0.29, 0.717) is 5.69 Å². The average Bonchev–Trinajstić information content (AvgIpc) is 2.88. The molecule has 0 heterocycles. The average molecular weight is 212 g/mol. The van der Waals surface area contributed by atoms with Gasteiger partial charge in [-0.2, -0.15) is 0 Å². The van der Waals surface area contributed by atoms with Crippen molar-refractivity contribution in [2.24, 2.45) is 0 Å². The number of rotatable bonds is 3. The molecule has 0 amide bonds. The van der Waals surface area contributed by atoms with E-state index in [4.69, 9.17) is 5.73 Å². The second-order valence-corrected chi connectivity index (χ2v) is 5.18. The molecule has 14 heavy (non-hydrogen) atoms. The lowest BCUT2D eigenvalue weighted by Gasteiger charge is -2.04. The summed E-state index contributed by atoms with van der Waals surface area (Å²) in [6.07, 6.45) is 1.88. The monoisotopic (exact) mass is 212 g/mol. The Morgan fingerprint density at radius 2 is 1.79 bits per heavy atom. The molecule has 4 nitrogen and oxygen atoms in total. The Morgan fingerprint density at radius 1 is 1.21 bits per heavy atom. The Balaban J connectivity index is 2.24. The van der Waals surface area contributed by atoms with Crippen LogP contribution in [0.25, 0.3) is 0 Å². The minimum atomic E-state index is -3.32. The maximum absolute atomic E-state index is 11.6. The summed E-state index contributed by atoms with van der Waals surface area (Å²) < 4.78 is 25.9. The summed E-state index contributed by atoms with van der Waals surface area (Å²) in [5.41, 5.74) is 6.03. The van der Waals surface area contributed by atoms with Crippen molar-refractivity contribution >= 4 is 15.7 Å². The normalized spacial score (nSPS) is 16.9. The van der Waals surface area contributed by atoms with Crippen molar-refractivity contribution in [3.05, 3.63) is 24.3 Å². The van der Waals surface area contributed by atoms with Crippen LogP contribution < -0.4 is 10.5 Å². The first-order valence-corrected chi connectivity index (χ1v) is 5.94. The third kappa shape index (κ3) is 2.05. The molecule has 0 atom stereocenters. The molecule has 3 N–H and O–H groups in total. The van der Waals surface area contributed by atoms with E-state index in [1.54, 1.807) is 12.1 Å². The van der Waals surface area contributed by atoms with Gasteiger partial charge < -0.3 is 5.73 Å². The molecule has 0 bridgehead atoms. The van der Waals surface area contributed by atoms with Crippen LogP contribution in [0.1, 0.15) is 12.8 Å². The lowest BCUT2D eigenvalue weighted by molar-refractivity contribution is 0.581. The van der Waals surface area contributed by atoms with E-state index >= 15 is 0 Å². The maximum Gasteiger partial charge on any atom is 0.240 e. The van der Waals surface area contributed by atoms with Gasteiger partial charge in [0.25, 0.3) is 0 Å². The van der Waals surface area contributed by atoms with Gasteiger partial charge in [0.15, 0.2) is 0 Å². The van der Waals surface area contributed by atoms with Gasteiger partial charge in [0.05, 0.1) is 4.90 Å². The zero-order valence-corrected chi connectivity index (χ0v) is 8.42. The minimum absolute atomic E-state index is 0.137. The van der Waals surface area contributed by atoms with Gasteiger partial charge in [-0.25, -0.2) is 13.1 Å². The number of nitrogens with two attached hydrogens (primary N) is 1. The van der Waals surface area contributed by atoms with Crippen molar-refractivity contribution < 1.29 is 8.42 Å². The fourth-order valence-electron chi connectivity index (χ4n) is 1.14. The highest BCUT2D eigenvalue weighted by Gasteiger charge is 2.27. The molecule has 2 rings (SSSR count). The van der Waals surface area contributed by atoms with Gasteiger partial charge in [0.1, 0.15) is 0 Å². The van der Waals surface area contributed by atoms with Crippen LogP contribution in [-0.4, -0.2) is 14.5 Å². The van der Waals surface area contributed by atoms with Crippen LogP contribution in [0.15, 0.2) is 29.2 Å². The number of hydrogen-bond acceptors (Lipinski definition) is 3. The Kier molecular flexibility index (Phi) is 2.20. The van der Waals surface area contributed by atoms with Crippen molar-refractivity contribution in [2.75, 3.05) is 5.73 Å². The van der Waals surface area contributed by atoms with Crippen molar-refractivity contribution in [1.29, 1.82) is 0 Å². The molecule has 0 aliphatic heterocycles. The third-order valence-electron chi connectivity index (χ3n) is 2.09. The summed E-state index contributed by atoms with van der Waals surface area (Å²) in [6.45, 7) is 0. The fraction of sp³-hybridized carbons (Fsp3) is 0.333. The standard InChI is InChI=1S/C9H12N2O2S/c10-7-1-5-9(6-2-7)14(12,13)11-8-3-4-8/h1-2,5-6,8,11H,3-4,10H2. The van der Waals surface area contributed by atoms with E-state index in [1.807, 2.05) is 0 Å². The molecule has 0 unspecified atom stereocenters. The molecule has 1 aliphatic rings. The first-order valence-electron chi connectivity index (χ1n) is 4.46. The highest BCUT2D eigenvalue weighted by Crippen LogP contribution is 2.22. The lowest BCUT2D eigenvalue weighted by atomic mass is 10.3. The molecule has 0 aromatic heterocycles. The van der Waals surface area contributed by atoms with Crippen molar-refractivity contribution in [1.82, 2.24) is 4.72 Å². The molecule has 1 aromatic rings. The highest BCUT2D eigenvalue weighted by atomic mass is 32.2. The van der Waals surface area contributed by atoms with E-state index in [-0.39, 0.29) is 10.9 Å². The number of nitrogens with one attached hydrogen (secondary N) is 1. The summed E-state index contributed by atoms with van der Waals surface area (Å²) in [5, 5.41) is 0. The van der Waals surface area contributed by atoms with Crippen LogP contribution in [0, 0.1) is 0 Å². The van der Waals surface area contributed by atoms with Crippen LogP contribution >= 0.6 is 0 Å². The molecule has 0 spiro atoms. The van der Waals surface area contributed by atoms with Gasteiger partial charge in [-0.3, -0.25) is 0 Å². The Bertz CT molecular complexity index is 421. The van der Waals surface area contributed by atoms with Gasteiger partial charge in [-0.1, -0.05) is 0 Å². The minimum Gasteiger partial charge on any atom is -0.399 e. The topological polar surface area (TPSA) is 72.2 Å². The van der Waals surface area contributed by atoms with E-state index in [9.17, 15) is 8.42 Å². The number of nitrogen functional groups attached to an aromatic ring is 1. The van der Waals surface area contributed by atoms with Crippen LogP contribution in [0.5, 0.6) is 0 Å². The second kappa shape index (κ2) is 3.25. The first-order chi connectivity index (χ1) is 6.58. The predicted octanol–water partition coefficient (Wildman–Crippen LogP) is 0.709. The lowest BCUT2D eigenvalue weighted by Crippen LogP contribution is -2.25. The second-order valence-electron chi connectivity index (χ2n) is 3.46. The number of hydrogen-bond donors (Lipinski definition) is 2. The zero-order valence-electron chi connectivity index (χ0n) is 7.60. The van der Waals surface area contributed by atoms with Gasteiger partial charge in [0, 0.05) is 11.7 Å². The molecule has 1 fully saturated rings. The number of sulfonamides is 1. The maximum atomic E-state index is 11.6. The smallest absolute Gasteiger partial charge is 0.240 e. The molecule has 5 heteroatoms. The van der Waals surface area contributed by atoms with Gasteiger partial charge in [-0.05, 0) is 37.1 Å². The van der Waals surface area contributed by atoms with Crippen molar-refractivity contribution in [2.45, 2.75) is 23.8 Å². The summed E-state index contributed by atoms with van der Waals surface area (Å²) in [5.74, 6) is 0. The summed E-state index contributed by atoms with van der Waals surface area (Å²) in [7, 11) is -3.32. The summed E-state index contributed by atoms with van der Waals surface area (Å²) in [4.78, 5) is 0.276. The van der Waals surface area contributed by atoms with E-state index in [1.165, 1.54) is 12.1 Å². The van der Waals surface area contributed by atoms with E-state index in [2.05, 4.69) is 4.72 Å². The molecule has 1 aromatic carbocycles. The van der Waals surface area contributed by atoms with Crippen LogP contribution in [0.3, 0.4) is 0 Å². The molecular formula is C9H12N2O2S. The largest absolute Gasteiger partial charge is 0.399 e. The summed E-state index contributed by atoms with van der Waals surface area (Å²) >= 11 is 0. The van der Waals surface area contributed by atoms with Crippen molar-refractivity contribution in [3.63, 3.8) is 0 Å². The molecule has 1 aliphatic carbocycles. The van der Waals surface area contributed by atoms with Crippen LogP contribution in [0.2, 0.25) is 0 Å². The molecule has 76 valence electrons. The van der Waals surface area contributed by atoms with E-state index in [0.717, 1.165) is 12.8 Å². The predicted molar refractivity (Wildman–Crippen MR) is 54.2 cm³/mol. The third-order valence-corrected chi connectivity index (χ3v) is 3.63. The summed E-state index contributed by atoms with van der Waals surface area (Å²) in [6, 6.07) is 6.33. The number of anilines is 1. The van der Waals surface area contributed by atoms with Crippen LogP contribution in [0.4, 0.5) is 5.69 Å². The highest BCUT2D eigenvalue weighted by molar-refractivity contribution is 7.89.